The maximum atomic E-state index is 4.87. The Morgan fingerprint density at radius 3 is 2.50 bits per heavy atom. The van der Waals surface area contributed by atoms with E-state index in [1.807, 2.05) is 12.1 Å². The first-order chi connectivity index (χ1) is 10.9. The Balaban J connectivity index is 1.55. The molecule has 1 aliphatic carbocycles. The maximum Gasteiger partial charge on any atom is 0.204 e. The van der Waals surface area contributed by atoms with Crippen LogP contribution in [0.3, 0.4) is 0 Å². The third kappa shape index (κ3) is 2.66. The number of thiazole rings is 1. The second-order valence-electron chi connectivity index (χ2n) is 5.73. The van der Waals surface area contributed by atoms with Gasteiger partial charge in [-0.25, -0.2) is 4.98 Å². The molecule has 1 aromatic carbocycles. The lowest BCUT2D eigenvalue weighted by atomic mass is 9.87. The van der Waals surface area contributed by atoms with Crippen LogP contribution in [0.2, 0.25) is 0 Å². The summed E-state index contributed by atoms with van der Waals surface area (Å²) in [5.41, 5.74) is 3.39. The van der Waals surface area contributed by atoms with Gasteiger partial charge in [-0.3, -0.25) is 0 Å². The topological polar surface area (TPSA) is 67.3 Å². The molecule has 0 aliphatic heterocycles. The molecule has 112 valence electrons. The van der Waals surface area contributed by atoms with Gasteiger partial charge >= 0.3 is 0 Å². The number of hydrogen-bond donors (Lipinski definition) is 1. The van der Waals surface area contributed by atoms with Crippen LogP contribution < -0.4 is 0 Å². The zero-order chi connectivity index (χ0) is 14.8. The highest BCUT2D eigenvalue weighted by atomic mass is 32.1. The van der Waals surface area contributed by atoms with E-state index in [4.69, 9.17) is 4.98 Å². The number of tetrazole rings is 1. The first-order valence-corrected chi connectivity index (χ1v) is 8.58. The number of rotatable bonds is 3. The second kappa shape index (κ2) is 5.96. The molecule has 0 saturated heterocycles. The monoisotopic (exact) mass is 311 g/mol. The number of hydrogen-bond acceptors (Lipinski definition) is 5. The van der Waals surface area contributed by atoms with E-state index in [2.05, 4.69) is 38.1 Å². The lowest BCUT2D eigenvalue weighted by Crippen LogP contribution is -2.04. The Hall–Kier alpha value is -2.08. The molecule has 2 aromatic heterocycles. The summed E-state index contributed by atoms with van der Waals surface area (Å²) < 4.78 is 0. The van der Waals surface area contributed by atoms with E-state index in [0.29, 0.717) is 11.7 Å². The van der Waals surface area contributed by atoms with Gasteiger partial charge in [-0.1, -0.05) is 43.5 Å². The predicted octanol–water partition coefficient (Wildman–Crippen LogP) is 4.04. The minimum absolute atomic E-state index is 0.619. The average Bonchev–Trinajstić information content (AvgIpc) is 3.28. The summed E-state index contributed by atoms with van der Waals surface area (Å²) in [6.45, 7) is 0. The lowest BCUT2D eigenvalue weighted by molar-refractivity contribution is 0.438. The van der Waals surface area contributed by atoms with Gasteiger partial charge < -0.3 is 0 Å². The van der Waals surface area contributed by atoms with Crippen LogP contribution in [-0.4, -0.2) is 25.6 Å². The van der Waals surface area contributed by atoms with Gasteiger partial charge in [0.1, 0.15) is 5.01 Å². The summed E-state index contributed by atoms with van der Waals surface area (Å²) in [7, 11) is 0. The Kier molecular flexibility index (Phi) is 3.68. The second-order valence-corrected chi connectivity index (χ2v) is 6.58. The molecule has 0 spiro atoms. The van der Waals surface area contributed by atoms with Crippen molar-refractivity contribution >= 4 is 11.3 Å². The van der Waals surface area contributed by atoms with E-state index < -0.39 is 0 Å². The molecule has 0 amide bonds. The van der Waals surface area contributed by atoms with E-state index in [9.17, 15) is 0 Å². The molecule has 2 heterocycles. The van der Waals surface area contributed by atoms with Crippen LogP contribution in [0.25, 0.3) is 22.0 Å². The highest BCUT2D eigenvalue weighted by Crippen LogP contribution is 2.35. The van der Waals surface area contributed by atoms with Crippen molar-refractivity contribution in [2.75, 3.05) is 0 Å². The molecule has 4 rings (SSSR count). The van der Waals surface area contributed by atoms with Crippen molar-refractivity contribution in [1.82, 2.24) is 25.6 Å². The van der Waals surface area contributed by atoms with E-state index in [1.54, 1.807) is 11.3 Å². The molecule has 22 heavy (non-hydrogen) atoms. The smallest absolute Gasteiger partial charge is 0.204 e. The third-order valence-electron chi connectivity index (χ3n) is 4.28. The van der Waals surface area contributed by atoms with Crippen LogP contribution in [0.5, 0.6) is 0 Å². The van der Waals surface area contributed by atoms with Crippen molar-refractivity contribution in [2.45, 2.75) is 38.0 Å². The number of aromatic amines is 1. The molecule has 1 saturated carbocycles. The summed E-state index contributed by atoms with van der Waals surface area (Å²) in [4.78, 5) is 4.87. The maximum absolute atomic E-state index is 4.87. The fourth-order valence-electron chi connectivity index (χ4n) is 3.05. The zero-order valence-corrected chi connectivity index (χ0v) is 13.0. The summed E-state index contributed by atoms with van der Waals surface area (Å²) in [5.74, 6) is 1.28. The number of H-pyrrole nitrogens is 1. The zero-order valence-electron chi connectivity index (χ0n) is 12.2. The number of nitrogens with one attached hydrogen (secondary N) is 1. The number of aromatic nitrogens is 5. The highest BCUT2D eigenvalue weighted by Gasteiger charge is 2.18. The Labute approximate surface area is 132 Å². The standard InChI is InChI=1S/C16H17N5S/c1-2-4-11(5-3-1)14-10-22-16(17-14)13-8-6-12(7-9-13)15-18-20-21-19-15/h6-11H,1-5H2,(H,18,19,20,21). The average molecular weight is 311 g/mol. The summed E-state index contributed by atoms with van der Waals surface area (Å²) in [5, 5.41) is 17.4. The fraction of sp³-hybridized carbons (Fsp3) is 0.375. The predicted molar refractivity (Wildman–Crippen MR) is 86.5 cm³/mol. The van der Waals surface area contributed by atoms with Crippen LogP contribution in [0.4, 0.5) is 0 Å². The summed E-state index contributed by atoms with van der Waals surface area (Å²) in [6, 6.07) is 8.19. The third-order valence-corrected chi connectivity index (χ3v) is 5.19. The van der Waals surface area contributed by atoms with Gasteiger partial charge in [-0.2, -0.15) is 5.21 Å². The van der Waals surface area contributed by atoms with Crippen molar-refractivity contribution in [3.8, 4) is 22.0 Å². The van der Waals surface area contributed by atoms with Gasteiger partial charge in [0.25, 0.3) is 0 Å². The molecule has 6 heteroatoms. The van der Waals surface area contributed by atoms with E-state index in [0.717, 1.165) is 16.1 Å². The normalized spacial score (nSPS) is 16.0. The van der Waals surface area contributed by atoms with Gasteiger partial charge in [-0.15, -0.1) is 21.5 Å². The van der Waals surface area contributed by atoms with Gasteiger partial charge in [0.15, 0.2) is 0 Å². The Morgan fingerprint density at radius 2 is 1.77 bits per heavy atom. The Bertz CT molecular complexity index is 726. The molecule has 0 radical (unpaired) electrons. The SMILES string of the molecule is c1cc(-c2nc(C3CCCCC3)cs2)ccc1-c1nn[nH]n1. The van der Waals surface area contributed by atoms with Crippen LogP contribution in [0.15, 0.2) is 29.6 Å². The minimum atomic E-state index is 0.619. The molecule has 1 fully saturated rings. The molecular formula is C16H17N5S. The molecule has 0 unspecified atom stereocenters. The Morgan fingerprint density at radius 1 is 1.00 bits per heavy atom. The quantitative estimate of drug-likeness (QED) is 0.792. The fourth-order valence-corrected chi connectivity index (χ4v) is 3.96. The molecular weight excluding hydrogens is 294 g/mol. The van der Waals surface area contributed by atoms with Crippen LogP contribution in [-0.2, 0) is 0 Å². The van der Waals surface area contributed by atoms with E-state index in [1.165, 1.54) is 37.8 Å². The van der Waals surface area contributed by atoms with Crippen LogP contribution in [0.1, 0.15) is 43.7 Å². The van der Waals surface area contributed by atoms with Gasteiger partial charge in [0.2, 0.25) is 5.82 Å². The van der Waals surface area contributed by atoms with Crippen molar-refractivity contribution in [2.24, 2.45) is 0 Å². The molecule has 1 N–H and O–H groups in total. The summed E-state index contributed by atoms with van der Waals surface area (Å²) in [6.07, 6.45) is 6.65. The van der Waals surface area contributed by atoms with Crippen molar-refractivity contribution < 1.29 is 0 Å². The van der Waals surface area contributed by atoms with Crippen molar-refractivity contribution in [3.63, 3.8) is 0 Å². The molecule has 3 aromatic rings. The largest absolute Gasteiger partial charge is 0.241 e. The van der Waals surface area contributed by atoms with E-state index >= 15 is 0 Å². The number of nitrogens with zero attached hydrogens (tertiary/aromatic N) is 4. The van der Waals surface area contributed by atoms with Crippen molar-refractivity contribution in [1.29, 1.82) is 0 Å². The molecule has 0 atom stereocenters. The summed E-state index contributed by atoms with van der Waals surface area (Å²) >= 11 is 1.74. The molecule has 5 nitrogen and oxygen atoms in total. The highest BCUT2D eigenvalue weighted by molar-refractivity contribution is 7.13. The first kappa shape index (κ1) is 13.6. The minimum Gasteiger partial charge on any atom is -0.241 e. The van der Waals surface area contributed by atoms with Crippen LogP contribution >= 0.6 is 11.3 Å². The lowest BCUT2D eigenvalue weighted by Gasteiger charge is -2.19. The first-order valence-electron chi connectivity index (χ1n) is 7.70. The van der Waals surface area contributed by atoms with Gasteiger partial charge in [0.05, 0.1) is 5.69 Å². The van der Waals surface area contributed by atoms with Crippen LogP contribution in [0, 0.1) is 0 Å². The van der Waals surface area contributed by atoms with Gasteiger partial charge in [0, 0.05) is 22.4 Å². The molecule has 1 aliphatic rings. The van der Waals surface area contributed by atoms with Gasteiger partial charge in [-0.05, 0) is 18.1 Å². The molecule has 0 bridgehead atoms. The van der Waals surface area contributed by atoms with E-state index in [-0.39, 0.29) is 0 Å². The number of benzene rings is 1. The van der Waals surface area contributed by atoms with Crippen molar-refractivity contribution in [3.05, 3.63) is 35.3 Å².